The van der Waals surface area contributed by atoms with Crippen LogP contribution in [0.5, 0.6) is 5.75 Å². The number of rotatable bonds is 7. The second-order valence-electron chi connectivity index (χ2n) is 5.26. The second-order valence-corrected chi connectivity index (χ2v) is 5.26. The van der Waals surface area contributed by atoms with E-state index in [0.717, 1.165) is 16.7 Å². The largest absolute Gasteiger partial charge is 0.489 e. The van der Waals surface area contributed by atoms with E-state index in [9.17, 15) is 4.79 Å². The van der Waals surface area contributed by atoms with Gasteiger partial charge in [0.15, 0.2) is 5.76 Å². The van der Waals surface area contributed by atoms with Crippen molar-refractivity contribution in [2.75, 3.05) is 20.3 Å². The summed E-state index contributed by atoms with van der Waals surface area (Å²) in [5.41, 5.74) is 1.41. The van der Waals surface area contributed by atoms with Crippen LogP contribution in [-0.2, 0) is 11.3 Å². The van der Waals surface area contributed by atoms with Crippen LogP contribution in [0.3, 0.4) is 0 Å². The van der Waals surface area contributed by atoms with Gasteiger partial charge in [0.05, 0.1) is 6.61 Å². The molecule has 1 heterocycles. The lowest BCUT2D eigenvalue weighted by Gasteiger charge is -2.07. The highest BCUT2D eigenvalue weighted by atomic mass is 16.5. The van der Waals surface area contributed by atoms with Gasteiger partial charge >= 0.3 is 0 Å². The molecule has 0 aliphatic carbocycles. The summed E-state index contributed by atoms with van der Waals surface area (Å²) < 4.78 is 16.5. The van der Waals surface area contributed by atoms with Crippen LogP contribution in [0.1, 0.15) is 16.1 Å². The summed E-state index contributed by atoms with van der Waals surface area (Å²) in [7, 11) is 1.59. The number of carbonyl (C=O) groups is 1. The van der Waals surface area contributed by atoms with Gasteiger partial charge in [-0.25, -0.2) is 0 Å². The minimum Gasteiger partial charge on any atom is -0.489 e. The molecular weight excluding hydrogens is 306 g/mol. The molecule has 24 heavy (non-hydrogen) atoms. The highest BCUT2D eigenvalue weighted by molar-refractivity contribution is 5.99. The molecule has 1 aromatic heterocycles. The normalized spacial score (nSPS) is 10.7. The predicted octanol–water partition coefficient (Wildman–Crippen LogP) is 3.39. The summed E-state index contributed by atoms with van der Waals surface area (Å²) in [5, 5.41) is 3.67. The maximum Gasteiger partial charge on any atom is 0.287 e. The van der Waals surface area contributed by atoms with Gasteiger partial charge in [0.25, 0.3) is 5.91 Å². The molecule has 0 spiro atoms. The summed E-state index contributed by atoms with van der Waals surface area (Å²) in [5.74, 6) is 0.756. The zero-order valence-corrected chi connectivity index (χ0v) is 13.5. The molecule has 0 unspecified atom stereocenters. The molecule has 0 bridgehead atoms. The second kappa shape index (κ2) is 7.66. The molecule has 0 fully saturated rings. The number of ether oxygens (including phenoxy) is 2. The van der Waals surface area contributed by atoms with Crippen LogP contribution in [0.15, 0.2) is 59.0 Å². The van der Waals surface area contributed by atoms with Crippen molar-refractivity contribution in [3.05, 3.63) is 65.9 Å². The average Bonchev–Trinajstić information content (AvgIpc) is 3.00. The van der Waals surface area contributed by atoms with Crippen molar-refractivity contribution in [3.63, 3.8) is 0 Å². The van der Waals surface area contributed by atoms with Gasteiger partial charge in [-0.15, -0.1) is 0 Å². The van der Waals surface area contributed by atoms with Gasteiger partial charge in [0.2, 0.25) is 0 Å². The molecule has 1 amide bonds. The molecule has 0 aliphatic rings. The minimum atomic E-state index is -0.269. The fourth-order valence-electron chi connectivity index (χ4n) is 2.44. The smallest absolute Gasteiger partial charge is 0.287 e. The van der Waals surface area contributed by atoms with E-state index < -0.39 is 0 Å². The van der Waals surface area contributed by atoms with Crippen LogP contribution in [0.4, 0.5) is 0 Å². The molecule has 2 aromatic carbocycles. The summed E-state index contributed by atoms with van der Waals surface area (Å²) in [6, 6.07) is 17.0. The predicted molar refractivity (Wildman–Crippen MR) is 91.2 cm³/mol. The molecule has 5 heteroatoms. The minimum absolute atomic E-state index is 0.258. The van der Waals surface area contributed by atoms with E-state index in [-0.39, 0.29) is 18.3 Å². The van der Waals surface area contributed by atoms with Gasteiger partial charge in [0, 0.05) is 24.6 Å². The first-order chi connectivity index (χ1) is 11.8. The number of methoxy groups -OCH3 is 1. The number of nitrogens with one attached hydrogen (secondary N) is 1. The van der Waals surface area contributed by atoms with Gasteiger partial charge in [-0.3, -0.25) is 4.79 Å². The molecule has 5 nitrogen and oxygen atoms in total. The first kappa shape index (κ1) is 16.1. The van der Waals surface area contributed by atoms with E-state index in [4.69, 9.17) is 13.9 Å². The number of para-hydroxylation sites is 2. The zero-order chi connectivity index (χ0) is 16.8. The Labute approximate surface area is 140 Å². The summed E-state index contributed by atoms with van der Waals surface area (Å²) in [6.07, 6.45) is 0. The van der Waals surface area contributed by atoms with Crippen molar-refractivity contribution in [2.24, 2.45) is 0 Å². The first-order valence-electron chi connectivity index (χ1n) is 7.75. The van der Waals surface area contributed by atoms with E-state index in [1.54, 1.807) is 7.11 Å². The number of hydrogen-bond acceptors (Lipinski definition) is 4. The number of carbonyl (C=O) groups excluding carboxylic acids is 1. The quantitative estimate of drug-likeness (QED) is 0.677. The topological polar surface area (TPSA) is 60.7 Å². The molecule has 1 N–H and O–H groups in total. The van der Waals surface area contributed by atoms with Crippen molar-refractivity contribution in [3.8, 4) is 5.75 Å². The van der Waals surface area contributed by atoms with Crippen molar-refractivity contribution < 1.29 is 18.7 Å². The molecule has 0 saturated heterocycles. The zero-order valence-electron chi connectivity index (χ0n) is 13.5. The van der Waals surface area contributed by atoms with E-state index in [1.807, 2.05) is 54.6 Å². The SMILES string of the molecule is COCCNC(=O)c1oc2ccccc2c1COc1ccccc1. The number of amides is 1. The lowest BCUT2D eigenvalue weighted by atomic mass is 10.1. The van der Waals surface area contributed by atoms with E-state index >= 15 is 0 Å². The van der Waals surface area contributed by atoms with Crippen molar-refractivity contribution in [2.45, 2.75) is 6.61 Å². The lowest BCUT2D eigenvalue weighted by Crippen LogP contribution is -2.27. The number of furan rings is 1. The third-order valence-corrected chi connectivity index (χ3v) is 3.62. The molecule has 0 aliphatic heterocycles. The van der Waals surface area contributed by atoms with Crippen LogP contribution >= 0.6 is 0 Å². The van der Waals surface area contributed by atoms with Gasteiger partial charge in [-0.2, -0.15) is 0 Å². The van der Waals surface area contributed by atoms with Gasteiger partial charge in [-0.05, 0) is 18.2 Å². The number of fused-ring (bicyclic) bond motifs is 1. The molecule has 0 atom stereocenters. The highest BCUT2D eigenvalue weighted by Gasteiger charge is 2.20. The number of benzene rings is 2. The highest BCUT2D eigenvalue weighted by Crippen LogP contribution is 2.27. The number of hydrogen-bond donors (Lipinski definition) is 1. The molecule has 124 valence electrons. The van der Waals surface area contributed by atoms with Gasteiger partial charge < -0.3 is 19.2 Å². The maximum atomic E-state index is 12.4. The van der Waals surface area contributed by atoms with Crippen LogP contribution in [0, 0.1) is 0 Å². The third kappa shape index (κ3) is 3.58. The van der Waals surface area contributed by atoms with Gasteiger partial charge in [0.1, 0.15) is 17.9 Å². The van der Waals surface area contributed by atoms with Crippen molar-refractivity contribution in [1.82, 2.24) is 5.32 Å². The molecule has 3 aromatic rings. The van der Waals surface area contributed by atoms with Crippen LogP contribution in [0.25, 0.3) is 11.0 Å². The Bertz CT molecular complexity index is 811. The van der Waals surface area contributed by atoms with Crippen LogP contribution in [-0.4, -0.2) is 26.2 Å². The van der Waals surface area contributed by atoms with Crippen LogP contribution < -0.4 is 10.1 Å². The molecule has 3 rings (SSSR count). The Morgan fingerprint density at radius 1 is 1.08 bits per heavy atom. The van der Waals surface area contributed by atoms with Crippen LogP contribution in [0.2, 0.25) is 0 Å². The Balaban J connectivity index is 1.86. The van der Waals surface area contributed by atoms with Crippen molar-refractivity contribution in [1.29, 1.82) is 0 Å². The Morgan fingerprint density at radius 3 is 2.62 bits per heavy atom. The monoisotopic (exact) mass is 325 g/mol. The maximum absolute atomic E-state index is 12.4. The van der Waals surface area contributed by atoms with Gasteiger partial charge in [-0.1, -0.05) is 36.4 Å². The third-order valence-electron chi connectivity index (χ3n) is 3.62. The van der Waals surface area contributed by atoms with Crippen molar-refractivity contribution >= 4 is 16.9 Å². The average molecular weight is 325 g/mol. The summed E-state index contributed by atoms with van der Waals surface area (Å²) >= 11 is 0. The standard InChI is InChI=1S/C19H19NO4/c1-22-12-11-20-19(21)18-16(13-23-14-7-3-2-4-8-14)15-9-5-6-10-17(15)24-18/h2-10H,11-13H2,1H3,(H,20,21). The fourth-order valence-corrected chi connectivity index (χ4v) is 2.44. The Kier molecular flexibility index (Phi) is 5.13. The molecular formula is C19H19NO4. The van der Waals surface area contributed by atoms with E-state index in [0.29, 0.717) is 18.7 Å². The molecule has 0 radical (unpaired) electrons. The fraction of sp³-hybridized carbons (Fsp3) is 0.211. The lowest BCUT2D eigenvalue weighted by molar-refractivity contribution is 0.0908. The Morgan fingerprint density at radius 2 is 1.83 bits per heavy atom. The van der Waals surface area contributed by atoms with E-state index in [1.165, 1.54) is 0 Å². The summed E-state index contributed by atoms with van der Waals surface area (Å²) in [4.78, 5) is 12.4. The Hall–Kier alpha value is -2.79. The summed E-state index contributed by atoms with van der Waals surface area (Å²) in [6.45, 7) is 1.13. The van der Waals surface area contributed by atoms with E-state index in [2.05, 4.69) is 5.32 Å². The first-order valence-corrected chi connectivity index (χ1v) is 7.75. The molecule has 0 saturated carbocycles.